The Morgan fingerprint density at radius 1 is 1.47 bits per heavy atom. The number of methoxy groups -OCH3 is 1. The smallest absolute Gasteiger partial charge is 0.258 e. The number of carbonyl (C=O) groups is 1. The second-order valence-electron chi connectivity index (χ2n) is 3.10. The van der Waals surface area contributed by atoms with Gasteiger partial charge in [-0.2, -0.15) is 0 Å². The third kappa shape index (κ3) is 3.16. The van der Waals surface area contributed by atoms with Crippen molar-refractivity contribution in [3.63, 3.8) is 0 Å². The van der Waals surface area contributed by atoms with E-state index in [4.69, 9.17) is 15.2 Å². The molecule has 0 aliphatic carbocycles. The summed E-state index contributed by atoms with van der Waals surface area (Å²) in [5.74, 6) is 0.812. The van der Waals surface area contributed by atoms with Gasteiger partial charge in [-0.1, -0.05) is 13.0 Å². The van der Waals surface area contributed by atoms with Gasteiger partial charge in [0.25, 0.3) is 5.91 Å². The SMILES string of the molecule is CC[C@@H](Oc1cccc(OC)c1)C(N)=O. The highest BCUT2D eigenvalue weighted by atomic mass is 16.5. The van der Waals surface area contributed by atoms with Gasteiger partial charge in [0.1, 0.15) is 11.5 Å². The lowest BCUT2D eigenvalue weighted by atomic mass is 10.2. The lowest BCUT2D eigenvalue weighted by Crippen LogP contribution is -2.32. The average molecular weight is 209 g/mol. The third-order valence-corrected chi connectivity index (χ3v) is 2.01. The number of amides is 1. The number of benzene rings is 1. The van der Waals surface area contributed by atoms with Gasteiger partial charge >= 0.3 is 0 Å². The number of hydrogen-bond acceptors (Lipinski definition) is 3. The minimum absolute atomic E-state index is 0.458. The lowest BCUT2D eigenvalue weighted by Gasteiger charge is -2.14. The quantitative estimate of drug-likeness (QED) is 0.796. The van der Waals surface area contributed by atoms with Crippen LogP contribution in [0.4, 0.5) is 0 Å². The molecule has 4 heteroatoms. The van der Waals surface area contributed by atoms with Crippen molar-refractivity contribution in [2.45, 2.75) is 19.4 Å². The third-order valence-electron chi connectivity index (χ3n) is 2.01. The first-order valence-electron chi connectivity index (χ1n) is 4.77. The van der Waals surface area contributed by atoms with Gasteiger partial charge in [-0.3, -0.25) is 4.79 Å². The number of ether oxygens (including phenoxy) is 2. The highest BCUT2D eigenvalue weighted by molar-refractivity contribution is 5.79. The molecule has 1 aromatic rings. The molecule has 15 heavy (non-hydrogen) atoms. The Morgan fingerprint density at radius 2 is 2.13 bits per heavy atom. The van der Waals surface area contributed by atoms with E-state index in [0.29, 0.717) is 17.9 Å². The zero-order valence-electron chi connectivity index (χ0n) is 8.90. The van der Waals surface area contributed by atoms with Gasteiger partial charge < -0.3 is 15.2 Å². The fourth-order valence-corrected chi connectivity index (χ4v) is 1.18. The van der Waals surface area contributed by atoms with E-state index in [1.165, 1.54) is 0 Å². The van der Waals surface area contributed by atoms with E-state index in [-0.39, 0.29) is 0 Å². The lowest BCUT2D eigenvalue weighted by molar-refractivity contribution is -0.124. The summed E-state index contributed by atoms with van der Waals surface area (Å²) < 4.78 is 10.4. The number of primary amides is 1. The van der Waals surface area contributed by atoms with Crippen molar-refractivity contribution < 1.29 is 14.3 Å². The molecule has 1 aromatic carbocycles. The van der Waals surface area contributed by atoms with Crippen LogP contribution in [0.15, 0.2) is 24.3 Å². The van der Waals surface area contributed by atoms with Crippen molar-refractivity contribution in [2.75, 3.05) is 7.11 Å². The van der Waals surface area contributed by atoms with Crippen molar-refractivity contribution in [1.29, 1.82) is 0 Å². The second-order valence-corrected chi connectivity index (χ2v) is 3.10. The fraction of sp³-hybridized carbons (Fsp3) is 0.364. The molecule has 0 fully saturated rings. The first kappa shape index (κ1) is 11.4. The molecular formula is C11H15NO3. The van der Waals surface area contributed by atoms with E-state index in [1.54, 1.807) is 31.4 Å². The molecule has 1 rings (SSSR count). The minimum Gasteiger partial charge on any atom is -0.497 e. The van der Waals surface area contributed by atoms with Crippen LogP contribution in [0.25, 0.3) is 0 Å². The van der Waals surface area contributed by atoms with Crippen LogP contribution in [-0.4, -0.2) is 19.1 Å². The van der Waals surface area contributed by atoms with Gasteiger partial charge in [-0.05, 0) is 18.6 Å². The van der Waals surface area contributed by atoms with E-state index < -0.39 is 12.0 Å². The Kier molecular flexibility index (Phi) is 3.97. The Balaban J connectivity index is 2.74. The molecule has 82 valence electrons. The molecule has 0 aromatic heterocycles. The normalized spacial score (nSPS) is 11.9. The van der Waals surface area contributed by atoms with Gasteiger partial charge in [-0.25, -0.2) is 0 Å². The van der Waals surface area contributed by atoms with Crippen molar-refractivity contribution in [1.82, 2.24) is 0 Å². The summed E-state index contributed by atoms with van der Waals surface area (Å²) in [5.41, 5.74) is 5.17. The van der Waals surface area contributed by atoms with Crippen LogP contribution in [-0.2, 0) is 4.79 Å². The standard InChI is InChI=1S/C11H15NO3/c1-3-10(11(12)13)15-9-6-4-5-8(7-9)14-2/h4-7,10H,3H2,1-2H3,(H2,12,13)/t10-/m1/s1. The molecule has 0 saturated heterocycles. The molecule has 1 atom stereocenters. The molecular weight excluding hydrogens is 194 g/mol. The Bertz CT molecular complexity index is 338. The summed E-state index contributed by atoms with van der Waals surface area (Å²) in [6, 6.07) is 7.07. The molecule has 0 spiro atoms. The first-order chi connectivity index (χ1) is 7.17. The van der Waals surface area contributed by atoms with Gasteiger partial charge in [0.2, 0.25) is 0 Å². The molecule has 0 radical (unpaired) electrons. The highest BCUT2D eigenvalue weighted by Crippen LogP contribution is 2.20. The number of hydrogen-bond donors (Lipinski definition) is 1. The number of rotatable bonds is 5. The van der Waals surface area contributed by atoms with Crippen LogP contribution in [0.2, 0.25) is 0 Å². The topological polar surface area (TPSA) is 61.6 Å². The number of nitrogens with two attached hydrogens (primary N) is 1. The molecule has 0 bridgehead atoms. The van der Waals surface area contributed by atoms with Gasteiger partial charge in [-0.15, -0.1) is 0 Å². The Morgan fingerprint density at radius 3 is 2.67 bits per heavy atom. The van der Waals surface area contributed by atoms with Crippen molar-refractivity contribution in [3.8, 4) is 11.5 Å². The predicted octanol–water partition coefficient (Wildman–Crippen LogP) is 1.34. The van der Waals surface area contributed by atoms with E-state index >= 15 is 0 Å². The van der Waals surface area contributed by atoms with E-state index in [2.05, 4.69) is 0 Å². The highest BCUT2D eigenvalue weighted by Gasteiger charge is 2.14. The van der Waals surface area contributed by atoms with Crippen LogP contribution in [0, 0.1) is 0 Å². The molecule has 0 aliphatic heterocycles. The van der Waals surface area contributed by atoms with Crippen LogP contribution in [0.3, 0.4) is 0 Å². The van der Waals surface area contributed by atoms with Crippen molar-refractivity contribution in [3.05, 3.63) is 24.3 Å². The molecule has 2 N–H and O–H groups in total. The zero-order valence-corrected chi connectivity index (χ0v) is 8.90. The molecule has 0 heterocycles. The van der Waals surface area contributed by atoms with Crippen molar-refractivity contribution in [2.24, 2.45) is 5.73 Å². The Hall–Kier alpha value is -1.71. The van der Waals surface area contributed by atoms with E-state index in [0.717, 1.165) is 0 Å². The van der Waals surface area contributed by atoms with Crippen LogP contribution in [0.1, 0.15) is 13.3 Å². The fourth-order valence-electron chi connectivity index (χ4n) is 1.18. The summed E-state index contributed by atoms with van der Waals surface area (Å²) in [5, 5.41) is 0. The summed E-state index contributed by atoms with van der Waals surface area (Å²) in [7, 11) is 1.57. The molecule has 0 unspecified atom stereocenters. The molecule has 0 saturated carbocycles. The molecule has 1 amide bonds. The first-order valence-corrected chi connectivity index (χ1v) is 4.77. The molecule has 0 aliphatic rings. The number of carbonyl (C=O) groups excluding carboxylic acids is 1. The maximum absolute atomic E-state index is 11.0. The summed E-state index contributed by atoms with van der Waals surface area (Å²) in [4.78, 5) is 11.0. The average Bonchev–Trinajstić information content (AvgIpc) is 2.25. The molecule has 4 nitrogen and oxygen atoms in total. The van der Waals surface area contributed by atoms with Crippen LogP contribution >= 0.6 is 0 Å². The van der Waals surface area contributed by atoms with Gasteiger partial charge in [0, 0.05) is 6.07 Å². The second kappa shape index (κ2) is 5.24. The van der Waals surface area contributed by atoms with Crippen LogP contribution < -0.4 is 15.2 Å². The Labute approximate surface area is 89.0 Å². The van der Waals surface area contributed by atoms with E-state index in [1.807, 2.05) is 6.92 Å². The van der Waals surface area contributed by atoms with Crippen LogP contribution in [0.5, 0.6) is 11.5 Å². The largest absolute Gasteiger partial charge is 0.497 e. The van der Waals surface area contributed by atoms with E-state index in [9.17, 15) is 4.79 Å². The van der Waals surface area contributed by atoms with Gasteiger partial charge in [0.15, 0.2) is 6.10 Å². The monoisotopic (exact) mass is 209 g/mol. The maximum atomic E-state index is 11.0. The predicted molar refractivity (Wildman–Crippen MR) is 56.9 cm³/mol. The summed E-state index contributed by atoms with van der Waals surface area (Å²) >= 11 is 0. The summed E-state index contributed by atoms with van der Waals surface area (Å²) in [6.45, 7) is 1.84. The van der Waals surface area contributed by atoms with Gasteiger partial charge in [0.05, 0.1) is 7.11 Å². The van der Waals surface area contributed by atoms with Crippen molar-refractivity contribution >= 4 is 5.91 Å². The zero-order chi connectivity index (χ0) is 11.3. The summed E-state index contributed by atoms with van der Waals surface area (Å²) in [6.07, 6.45) is -0.0379. The maximum Gasteiger partial charge on any atom is 0.258 e. The minimum atomic E-state index is -0.586.